The number of carbonyl (C=O) groups excluding carboxylic acids is 1. The standard InChI is InChI=1S/C22H27N3OS2/c1-13(2)25-11-10-14-17(12-25)28-20(24-21(26)22(3,4)5)18(14)19-23-15-8-6-7-9-16(15)27-19/h6-9,13H,10-12H2,1-5H3,(H,24,26). The SMILES string of the molecule is CC(C)N1CCc2c(sc(NC(=O)C(C)(C)C)c2-c2nc3ccccc3s2)C1. The molecule has 0 aliphatic carbocycles. The Morgan fingerprint density at radius 2 is 1.96 bits per heavy atom. The number of amides is 1. The van der Waals surface area contributed by atoms with Crippen molar-refractivity contribution in [3.8, 4) is 10.6 Å². The van der Waals surface area contributed by atoms with E-state index in [-0.39, 0.29) is 5.91 Å². The second-order valence-corrected chi connectivity index (χ2v) is 10.8. The Balaban J connectivity index is 1.82. The van der Waals surface area contributed by atoms with Gasteiger partial charge in [-0.1, -0.05) is 32.9 Å². The first-order chi connectivity index (χ1) is 13.2. The van der Waals surface area contributed by atoms with E-state index in [0.29, 0.717) is 6.04 Å². The van der Waals surface area contributed by atoms with E-state index in [1.165, 1.54) is 15.1 Å². The highest BCUT2D eigenvalue weighted by molar-refractivity contribution is 7.22. The molecular weight excluding hydrogens is 386 g/mol. The Hall–Kier alpha value is -1.76. The Labute approximate surface area is 174 Å². The average Bonchev–Trinajstić information content (AvgIpc) is 3.20. The summed E-state index contributed by atoms with van der Waals surface area (Å²) in [4.78, 5) is 21.5. The second kappa shape index (κ2) is 7.25. The molecule has 0 saturated carbocycles. The molecule has 0 unspecified atom stereocenters. The number of fused-ring (bicyclic) bond motifs is 2. The number of nitrogens with one attached hydrogen (secondary N) is 1. The van der Waals surface area contributed by atoms with Gasteiger partial charge in [-0.05, 0) is 38.0 Å². The zero-order chi connectivity index (χ0) is 20.1. The third-order valence-electron chi connectivity index (χ3n) is 5.23. The summed E-state index contributed by atoms with van der Waals surface area (Å²) in [5.74, 6) is 0.0502. The molecule has 0 bridgehead atoms. The number of rotatable bonds is 3. The normalized spacial score (nSPS) is 15.2. The molecule has 1 N–H and O–H groups in total. The Bertz CT molecular complexity index is 993. The third kappa shape index (κ3) is 3.61. The van der Waals surface area contributed by atoms with E-state index >= 15 is 0 Å². The fraction of sp³-hybridized carbons (Fsp3) is 0.455. The van der Waals surface area contributed by atoms with Crippen molar-refractivity contribution in [3.63, 3.8) is 0 Å². The van der Waals surface area contributed by atoms with E-state index in [4.69, 9.17) is 4.98 Å². The molecule has 2 aromatic heterocycles. The predicted molar refractivity (Wildman–Crippen MR) is 120 cm³/mol. The molecule has 3 aromatic rings. The van der Waals surface area contributed by atoms with Crippen LogP contribution in [0, 0.1) is 5.41 Å². The van der Waals surface area contributed by atoms with Gasteiger partial charge in [0, 0.05) is 35.0 Å². The lowest BCUT2D eigenvalue weighted by atomic mass is 9.95. The van der Waals surface area contributed by atoms with Gasteiger partial charge in [-0.15, -0.1) is 22.7 Å². The molecule has 1 aliphatic rings. The first-order valence-corrected chi connectivity index (χ1v) is 11.4. The molecule has 1 amide bonds. The van der Waals surface area contributed by atoms with E-state index in [0.717, 1.165) is 40.6 Å². The smallest absolute Gasteiger partial charge is 0.230 e. The van der Waals surface area contributed by atoms with Crippen molar-refractivity contribution in [2.45, 2.75) is 53.6 Å². The van der Waals surface area contributed by atoms with Crippen LogP contribution >= 0.6 is 22.7 Å². The molecule has 0 fully saturated rings. The topological polar surface area (TPSA) is 45.2 Å². The number of para-hydroxylation sites is 1. The summed E-state index contributed by atoms with van der Waals surface area (Å²) >= 11 is 3.44. The molecule has 4 rings (SSSR count). The van der Waals surface area contributed by atoms with Crippen LogP contribution in [-0.4, -0.2) is 28.4 Å². The fourth-order valence-electron chi connectivity index (χ4n) is 3.45. The van der Waals surface area contributed by atoms with E-state index < -0.39 is 5.41 Å². The van der Waals surface area contributed by atoms with Gasteiger partial charge in [0.05, 0.1) is 10.2 Å². The molecule has 0 radical (unpaired) electrons. The number of anilines is 1. The number of hydrogen-bond donors (Lipinski definition) is 1. The van der Waals surface area contributed by atoms with Crippen molar-refractivity contribution >= 4 is 43.8 Å². The van der Waals surface area contributed by atoms with Crippen LogP contribution in [0.3, 0.4) is 0 Å². The van der Waals surface area contributed by atoms with Crippen LogP contribution in [0.15, 0.2) is 24.3 Å². The van der Waals surface area contributed by atoms with E-state index in [1.807, 2.05) is 26.8 Å². The summed E-state index contributed by atoms with van der Waals surface area (Å²) in [5, 5.41) is 5.19. The van der Waals surface area contributed by atoms with Gasteiger partial charge in [0.25, 0.3) is 0 Å². The molecule has 0 atom stereocenters. The summed E-state index contributed by atoms with van der Waals surface area (Å²) in [7, 11) is 0. The molecule has 0 spiro atoms. The lowest BCUT2D eigenvalue weighted by Crippen LogP contribution is -2.35. The van der Waals surface area contributed by atoms with Gasteiger partial charge in [-0.25, -0.2) is 4.98 Å². The lowest BCUT2D eigenvalue weighted by Gasteiger charge is -2.30. The number of benzene rings is 1. The van der Waals surface area contributed by atoms with Crippen LogP contribution in [0.5, 0.6) is 0 Å². The fourth-order valence-corrected chi connectivity index (χ4v) is 5.83. The zero-order valence-corrected chi connectivity index (χ0v) is 18.8. The van der Waals surface area contributed by atoms with E-state index in [9.17, 15) is 4.79 Å². The highest BCUT2D eigenvalue weighted by Crippen LogP contribution is 2.46. The maximum absolute atomic E-state index is 12.7. The van der Waals surface area contributed by atoms with Crippen LogP contribution in [-0.2, 0) is 17.8 Å². The average molecular weight is 414 g/mol. The summed E-state index contributed by atoms with van der Waals surface area (Å²) in [6.45, 7) is 12.3. The van der Waals surface area contributed by atoms with E-state index in [2.05, 4.69) is 42.3 Å². The maximum atomic E-state index is 12.7. The first-order valence-electron chi connectivity index (χ1n) is 9.80. The number of carbonyl (C=O) groups is 1. The highest BCUT2D eigenvalue weighted by Gasteiger charge is 2.30. The second-order valence-electron chi connectivity index (χ2n) is 8.71. The molecule has 0 saturated heterocycles. The highest BCUT2D eigenvalue weighted by atomic mass is 32.1. The maximum Gasteiger partial charge on any atom is 0.230 e. The summed E-state index contributed by atoms with van der Waals surface area (Å²) in [6, 6.07) is 8.77. The largest absolute Gasteiger partial charge is 0.317 e. The monoisotopic (exact) mass is 413 g/mol. The molecule has 1 aromatic carbocycles. The van der Waals surface area contributed by atoms with Crippen LogP contribution < -0.4 is 5.32 Å². The summed E-state index contributed by atoms with van der Waals surface area (Å²) in [6.07, 6.45) is 1.00. The van der Waals surface area contributed by atoms with Crippen molar-refractivity contribution < 1.29 is 4.79 Å². The zero-order valence-electron chi connectivity index (χ0n) is 17.1. The molecule has 1 aliphatic heterocycles. The number of thiophene rings is 1. The lowest BCUT2D eigenvalue weighted by molar-refractivity contribution is -0.123. The minimum atomic E-state index is -0.431. The number of aromatic nitrogens is 1. The number of nitrogens with zero attached hydrogens (tertiary/aromatic N) is 2. The molecule has 148 valence electrons. The quantitative estimate of drug-likeness (QED) is 0.592. The van der Waals surface area contributed by atoms with Gasteiger partial charge < -0.3 is 5.32 Å². The first kappa shape index (κ1) is 19.6. The minimum absolute atomic E-state index is 0.0502. The van der Waals surface area contributed by atoms with Crippen LogP contribution in [0.4, 0.5) is 5.00 Å². The molecular formula is C22H27N3OS2. The van der Waals surface area contributed by atoms with Crippen LogP contribution in [0.2, 0.25) is 0 Å². The Morgan fingerprint density at radius 1 is 1.21 bits per heavy atom. The summed E-state index contributed by atoms with van der Waals surface area (Å²) < 4.78 is 1.19. The minimum Gasteiger partial charge on any atom is -0.317 e. The van der Waals surface area contributed by atoms with Gasteiger partial charge in [0.15, 0.2) is 0 Å². The van der Waals surface area contributed by atoms with Gasteiger partial charge in [-0.3, -0.25) is 9.69 Å². The van der Waals surface area contributed by atoms with Crippen molar-refractivity contribution in [3.05, 3.63) is 34.7 Å². The van der Waals surface area contributed by atoms with Crippen molar-refractivity contribution in [1.82, 2.24) is 9.88 Å². The number of hydrogen-bond acceptors (Lipinski definition) is 5. The van der Waals surface area contributed by atoms with Gasteiger partial charge >= 0.3 is 0 Å². The van der Waals surface area contributed by atoms with Gasteiger partial charge in [0.1, 0.15) is 10.0 Å². The molecule has 3 heterocycles. The molecule has 6 heteroatoms. The van der Waals surface area contributed by atoms with Crippen molar-refractivity contribution in [2.24, 2.45) is 5.41 Å². The Kier molecular flexibility index (Phi) is 5.06. The van der Waals surface area contributed by atoms with Crippen molar-refractivity contribution in [1.29, 1.82) is 0 Å². The third-order valence-corrected chi connectivity index (χ3v) is 7.42. The van der Waals surface area contributed by atoms with Crippen molar-refractivity contribution in [2.75, 3.05) is 11.9 Å². The molecule has 4 nitrogen and oxygen atoms in total. The van der Waals surface area contributed by atoms with Gasteiger partial charge in [0.2, 0.25) is 5.91 Å². The predicted octanol–water partition coefficient (Wildman–Crippen LogP) is 5.78. The van der Waals surface area contributed by atoms with Crippen LogP contribution in [0.1, 0.15) is 45.1 Å². The van der Waals surface area contributed by atoms with E-state index in [1.54, 1.807) is 22.7 Å². The number of thiazole rings is 1. The van der Waals surface area contributed by atoms with Crippen LogP contribution in [0.25, 0.3) is 20.8 Å². The Morgan fingerprint density at radius 3 is 2.64 bits per heavy atom. The van der Waals surface area contributed by atoms with Gasteiger partial charge in [-0.2, -0.15) is 0 Å². The molecule has 28 heavy (non-hydrogen) atoms. The summed E-state index contributed by atoms with van der Waals surface area (Å²) in [5.41, 5.74) is 3.10.